The molecule has 2 aromatic heterocycles. The molecular formula is C15H23N5S. The van der Waals surface area contributed by atoms with Gasteiger partial charge in [0.15, 0.2) is 5.13 Å². The Morgan fingerprint density at radius 3 is 2.90 bits per heavy atom. The Morgan fingerprint density at radius 2 is 2.24 bits per heavy atom. The van der Waals surface area contributed by atoms with E-state index < -0.39 is 0 Å². The van der Waals surface area contributed by atoms with E-state index >= 15 is 0 Å². The van der Waals surface area contributed by atoms with Crippen LogP contribution in [-0.2, 0) is 13.1 Å². The highest BCUT2D eigenvalue weighted by Crippen LogP contribution is 2.24. The van der Waals surface area contributed by atoms with Gasteiger partial charge in [0, 0.05) is 50.0 Å². The van der Waals surface area contributed by atoms with Crippen LogP contribution < -0.4 is 4.90 Å². The molecule has 1 aliphatic heterocycles. The molecule has 1 atom stereocenters. The smallest absolute Gasteiger partial charge is 0.185 e. The number of anilines is 1. The number of nitrogens with zero attached hydrogens (tertiary/aromatic N) is 5. The first-order chi connectivity index (χ1) is 10.2. The fourth-order valence-corrected chi connectivity index (χ4v) is 3.85. The summed E-state index contributed by atoms with van der Waals surface area (Å²) in [5, 5.41) is 3.29. The van der Waals surface area contributed by atoms with Gasteiger partial charge in [-0.05, 0) is 20.8 Å². The van der Waals surface area contributed by atoms with Gasteiger partial charge >= 0.3 is 0 Å². The van der Waals surface area contributed by atoms with E-state index in [2.05, 4.69) is 56.7 Å². The number of aromatic nitrogens is 3. The lowest BCUT2D eigenvalue weighted by atomic mass is 10.2. The van der Waals surface area contributed by atoms with Crippen LogP contribution in [0.4, 0.5) is 5.13 Å². The molecule has 3 heterocycles. The van der Waals surface area contributed by atoms with Crippen LogP contribution in [0.3, 0.4) is 0 Å². The number of rotatable bonds is 4. The van der Waals surface area contributed by atoms with Gasteiger partial charge in [-0.2, -0.15) is 0 Å². The molecule has 1 fully saturated rings. The summed E-state index contributed by atoms with van der Waals surface area (Å²) < 4.78 is 2.22. The quantitative estimate of drug-likeness (QED) is 0.869. The lowest BCUT2D eigenvalue weighted by Gasteiger charge is -2.39. The molecule has 0 spiro atoms. The highest BCUT2D eigenvalue weighted by molar-refractivity contribution is 7.13. The highest BCUT2D eigenvalue weighted by Gasteiger charge is 2.26. The number of hydrogen-bond acceptors (Lipinski definition) is 5. The van der Waals surface area contributed by atoms with Crippen molar-refractivity contribution in [2.24, 2.45) is 0 Å². The van der Waals surface area contributed by atoms with Crippen LogP contribution in [0.15, 0.2) is 17.8 Å². The average Bonchev–Trinajstić information content (AvgIpc) is 3.08. The van der Waals surface area contributed by atoms with Crippen molar-refractivity contribution in [3.05, 3.63) is 29.3 Å². The van der Waals surface area contributed by atoms with Crippen molar-refractivity contribution in [2.45, 2.75) is 39.9 Å². The van der Waals surface area contributed by atoms with Crippen LogP contribution in [0.25, 0.3) is 0 Å². The summed E-state index contributed by atoms with van der Waals surface area (Å²) in [4.78, 5) is 14.0. The summed E-state index contributed by atoms with van der Waals surface area (Å²) in [6.07, 6.45) is 3.96. The molecule has 6 heteroatoms. The minimum atomic E-state index is 0.495. The normalized spacial score (nSPS) is 20.1. The molecule has 0 radical (unpaired) electrons. The molecule has 0 aliphatic carbocycles. The molecule has 5 nitrogen and oxygen atoms in total. The van der Waals surface area contributed by atoms with E-state index in [9.17, 15) is 0 Å². The van der Waals surface area contributed by atoms with E-state index in [0.717, 1.165) is 43.5 Å². The number of thiazole rings is 1. The molecule has 0 unspecified atom stereocenters. The third kappa shape index (κ3) is 3.11. The number of hydrogen-bond donors (Lipinski definition) is 0. The average molecular weight is 305 g/mol. The first-order valence-corrected chi connectivity index (χ1v) is 8.46. The minimum Gasteiger partial charge on any atom is -0.343 e. The lowest BCUT2D eigenvalue weighted by Crippen LogP contribution is -2.51. The molecule has 0 N–H and O–H groups in total. The molecule has 0 bridgehead atoms. The summed E-state index contributed by atoms with van der Waals surface area (Å²) in [7, 11) is 0. The highest BCUT2D eigenvalue weighted by atomic mass is 32.1. The van der Waals surface area contributed by atoms with Crippen molar-refractivity contribution in [2.75, 3.05) is 24.5 Å². The Hall–Kier alpha value is -1.40. The maximum atomic E-state index is 4.62. The zero-order chi connectivity index (χ0) is 14.8. The van der Waals surface area contributed by atoms with Gasteiger partial charge in [-0.3, -0.25) is 4.90 Å². The fourth-order valence-electron chi connectivity index (χ4n) is 2.91. The fraction of sp³-hybridized carbons (Fsp3) is 0.600. The Morgan fingerprint density at radius 1 is 1.38 bits per heavy atom. The second-order valence-corrected chi connectivity index (χ2v) is 6.52. The van der Waals surface area contributed by atoms with Gasteiger partial charge in [0.1, 0.15) is 5.82 Å². The van der Waals surface area contributed by atoms with E-state index in [4.69, 9.17) is 0 Å². The molecule has 114 valence electrons. The zero-order valence-corrected chi connectivity index (χ0v) is 13.8. The van der Waals surface area contributed by atoms with Crippen LogP contribution in [0.5, 0.6) is 0 Å². The van der Waals surface area contributed by atoms with Gasteiger partial charge in [-0.1, -0.05) is 0 Å². The third-order valence-electron chi connectivity index (χ3n) is 4.07. The predicted molar refractivity (Wildman–Crippen MR) is 86.8 cm³/mol. The second kappa shape index (κ2) is 6.15. The van der Waals surface area contributed by atoms with E-state index in [1.165, 1.54) is 5.82 Å². The summed E-state index contributed by atoms with van der Waals surface area (Å²) in [5.74, 6) is 1.17. The van der Waals surface area contributed by atoms with Gasteiger partial charge in [0.05, 0.1) is 12.2 Å². The van der Waals surface area contributed by atoms with Gasteiger partial charge in [-0.25, -0.2) is 9.97 Å². The maximum absolute atomic E-state index is 4.62. The Bertz CT molecular complexity index is 590. The summed E-state index contributed by atoms with van der Waals surface area (Å²) in [5.41, 5.74) is 1.12. The Labute approximate surface area is 130 Å². The van der Waals surface area contributed by atoms with Crippen molar-refractivity contribution in [3.63, 3.8) is 0 Å². The molecule has 0 saturated carbocycles. The van der Waals surface area contributed by atoms with Gasteiger partial charge in [-0.15, -0.1) is 11.3 Å². The van der Waals surface area contributed by atoms with Crippen molar-refractivity contribution in [1.29, 1.82) is 0 Å². The van der Waals surface area contributed by atoms with Crippen LogP contribution in [0.2, 0.25) is 0 Å². The molecular weight excluding hydrogens is 282 g/mol. The topological polar surface area (TPSA) is 37.2 Å². The second-order valence-electron chi connectivity index (χ2n) is 5.68. The first-order valence-electron chi connectivity index (χ1n) is 7.58. The molecule has 3 rings (SSSR count). The van der Waals surface area contributed by atoms with Gasteiger partial charge in [0.2, 0.25) is 0 Å². The third-order valence-corrected chi connectivity index (χ3v) is 5.07. The summed E-state index contributed by atoms with van der Waals surface area (Å²) in [6.45, 7) is 11.6. The van der Waals surface area contributed by atoms with Crippen LogP contribution in [0.1, 0.15) is 25.4 Å². The summed E-state index contributed by atoms with van der Waals surface area (Å²) >= 11 is 1.75. The van der Waals surface area contributed by atoms with E-state index in [1.807, 2.05) is 6.20 Å². The lowest BCUT2D eigenvalue weighted by molar-refractivity contribution is 0.213. The monoisotopic (exact) mass is 305 g/mol. The van der Waals surface area contributed by atoms with Gasteiger partial charge < -0.3 is 9.47 Å². The molecule has 2 aromatic rings. The van der Waals surface area contributed by atoms with E-state index in [-0.39, 0.29) is 0 Å². The van der Waals surface area contributed by atoms with Crippen LogP contribution >= 0.6 is 11.3 Å². The first kappa shape index (κ1) is 14.5. The largest absolute Gasteiger partial charge is 0.343 e. The van der Waals surface area contributed by atoms with Gasteiger partial charge in [0.25, 0.3) is 0 Å². The number of aryl methyl sites for hydroxylation is 2. The molecule has 0 amide bonds. The van der Waals surface area contributed by atoms with Crippen molar-refractivity contribution in [1.82, 2.24) is 19.4 Å². The number of imidazole rings is 1. The Kier molecular flexibility index (Phi) is 4.26. The molecule has 1 aliphatic rings. The van der Waals surface area contributed by atoms with E-state index in [1.54, 1.807) is 11.3 Å². The molecule has 21 heavy (non-hydrogen) atoms. The molecule has 0 aromatic carbocycles. The Balaban J connectivity index is 1.63. The van der Waals surface area contributed by atoms with Crippen molar-refractivity contribution in [3.8, 4) is 0 Å². The van der Waals surface area contributed by atoms with Crippen molar-refractivity contribution < 1.29 is 0 Å². The zero-order valence-electron chi connectivity index (χ0n) is 13.0. The minimum absolute atomic E-state index is 0.495. The molecule has 1 saturated heterocycles. The SMILES string of the molecule is CCn1ccnc1CN1CCN(c2nc(C)cs2)[C@H](C)C1. The number of piperazine rings is 1. The van der Waals surface area contributed by atoms with E-state index in [0.29, 0.717) is 6.04 Å². The predicted octanol–water partition coefficient (Wildman–Crippen LogP) is 2.38. The van der Waals surface area contributed by atoms with Crippen molar-refractivity contribution >= 4 is 16.5 Å². The van der Waals surface area contributed by atoms with Crippen LogP contribution in [-0.4, -0.2) is 45.1 Å². The van der Waals surface area contributed by atoms with Crippen LogP contribution in [0, 0.1) is 6.92 Å². The summed E-state index contributed by atoms with van der Waals surface area (Å²) in [6, 6.07) is 0.495. The maximum Gasteiger partial charge on any atom is 0.185 e. The standard InChI is InChI=1S/C15H23N5S/c1-4-19-6-5-16-14(19)10-18-7-8-20(13(3)9-18)15-17-12(2)11-21-15/h5-6,11,13H,4,7-10H2,1-3H3/t13-/m1/s1.